The van der Waals surface area contributed by atoms with Crippen molar-refractivity contribution in [3.05, 3.63) is 23.8 Å². The number of anilines is 1. The molecule has 8 heteroatoms. The van der Waals surface area contributed by atoms with Gasteiger partial charge in [-0.1, -0.05) is 6.42 Å². The maximum absolute atomic E-state index is 12.2. The summed E-state index contributed by atoms with van der Waals surface area (Å²) in [7, 11) is 0. The molecule has 1 saturated carbocycles. The second kappa shape index (κ2) is 8.58. The van der Waals surface area contributed by atoms with E-state index in [2.05, 4.69) is 5.32 Å². The molecule has 0 aliphatic heterocycles. The molecule has 1 aromatic rings. The first-order valence-corrected chi connectivity index (χ1v) is 7.61. The average Bonchev–Trinajstić information content (AvgIpc) is 2.45. The van der Waals surface area contributed by atoms with Crippen LogP contribution in [0.1, 0.15) is 31.2 Å². The van der Waals surface area contributed by atoms with Crippen LogP contribution < -0.4 is 15.8 Å². The molecule has 0 aromatic heterocycles. The van der Waals surface area contributed by atoms with Crippen LogP contribution in [0.15, 0.2) is 18.2 Å². The minimum Gasteiger partial charge on any atom is -0.484 e. The van der Waals surface area contributed by atoms with Gasteiger partial charge in [-0.3, -0.25) is 4.79 Å². The molecule has 0 bridgehead atoms. The van der Waals surface area contributed by atoms with Gasteiger partial charge in [-0.25, -0.2) is 0 Å². The molecule has 2 rings (SSSR count). The quantitative estimate of drug-likeness (QED) is 0.851. The van der Waals surface area contributed by atoms with Gasteiger partial charge in [0.1, 0.15) is 5.75 Å². The summed E-state index contributed by atoms with van der Waals surface area (Å²) < 4.78 is 41.2. The molecule has 24 heavy (non-hydrogen) atoms. The fourth-order valence-electron chi connectivity index (χ4n) is 2.76. The zero-order valence-electron chi connectivity index (χ0n) is 13.4. The van der Waals surface area contributed by atoms with Gasteiger partial charge in [0.2, 0.25) is 5.91 Å². The van der Waals surface area contributed by atoms with Crippen molar-refractivity contribution < 1.29 is 22.7 Å². The van der Waals surface area contributed by atoms with Crippen molar-refractivity contribution >= 4 is 24.0 Å². The second-order valence-corrected chi connectivity index (χ2v) is 6.00. The fourth-order valence-corrected chi connectivity index (χ4v) is 2.76. The maximum Gasteiger partial charge on any atom is 0.422 e. The van der Waals surface area contributed by atoms with E-state index < -0.39 is 12.8 Å². The molecule has 1 fully saturated rings. The Bertz CT molecular complexity index is 567. The number of nitrogens with two attached hydrogens (primary N) is 1. The van der Waals surface area contributed by atoms with Gasteiger partial charge < -0.3 is 15.8 Å². The molecular weight excluding hydrogens is 345 g/mol. The Kier molecular flexibility index (Phi) is 7.35. The highest BCUT2D eigenvalue weighted by atomic mass is 35.5. The number of hydrogen-bond donors (Lipinski definition) is 2. The number of nitrogens with one attached hydrogen (secondary N) is 1. The van der Waals surface area contributed by atoms with Gasteiger partial charge >= 0.3 is 6.18 Å². The molecule has 0 spiro atoms. The van der Waals surface area contributed by atoms with E-state index in [0.717, 1.165) is 19.3 Å². The molecule has 1 aliphatic carbocycles. The number of carbonyl (C=O) groups excluding carboxylic acids is 1. The second-order valence-electron chi connectivity index (χ2n) is 6.00. The Balaban J connectivity index is 0.00000288. The first-order valence-electron chi connectivity index (χ1n) is 7.61. The number of benzene rings is 1. The van der Waals surface area contributed by atoms with Gasteiger partial charge in [0.05, 0.1) is 0 Å². The fraction of sp³-hybridized carbons (Fsp3) is 0.562. The lowest BCUT2D eigenvalue weighted by molar-refractivity contribution is -0.153. The van der Waals surface area contributed by atoms with E-state index in [1.165, 1.54) is 6.07 Å². The van der Waals surface area contributed by atoms with Crippen LogP contribution >= 0.6 is 12.4 Å². The average molecular weight is 367 g/mol. The third-order valence-electron chi connectivity index (χ3n) is 3.92. The molecule has 2 unspecified atom stereocenters. The minimum atomic E-state index is -4.38. The number of amides is 1. The summed E-state index contributed by atoms with van der Waals surface area (Å²) in [5, 5.41) is 2.80. The van der Waals surface area contributed by atoms with Crippen LogP contribution in [0.5, 0.6) is 5.75 Å². The van der Waals surface area contributed by atoms with Crippen molar-refractivity contribution in [2.45, 2.75) is 44.8 Å². The van der Waals surface area contributed by atoms with Crippen LogP contribution in [0.4, 0.5) is 18.9 Å². The summed E-state index contributed by atoms with van der Waals surface area (Å²) in [5.41, 5.74) is 6.96. The largest absolute Gasteiger partial charge is 0.484 e. The third-order valence-corrected chi connectivity index (χ3v) is 3.92. The van der Waals surface area contributed by atoms with E-state index in [-0.39, 0.29) is 36.0 Å². The van der Waals surface area contributed by atoms with Gasteiger partial charge in [-0.2, -0.15) is 13.2 Å². The monoisotopic (exact) mass is 366 g/mol. The molecule has 2 atom stereocenters. The van der Waals surface area contributed by atoms with Crippen molar-refractivity contribution in [3.63, 3.8) is 0 Å². The van der Waals surface area contributed by atoms with E-state index in [1.54, 1.807) is 19.1 Å². The van der Waals surface area contributed by atoms with Crippen molar-refractivity contribution in [1.29, 1.82) is 0 Å². The molecule has 0 heterocycles. The highest BCUT2D eigenvalue weighted by Gasteiger charge is 2.29. The summed E-state index contributed by atoms with van der Waals surface area (Å²) in [6, 6.07) is 4.63. The lowest BCUT2D eigenvalue weighted by atomic mass is 9.85. The molecule has 136 valence electrons. The van der Waals surface area contributed by atoms with Crippen LogP contribution in [0.2, 0.25) is 0 Å². The SMILES string of the molecule is Cc1cc(NC(=O)C2CCCC(N)C2)ccc1OCC(F)(F)F.Cl. The highest BCUT2D eigenvalue weighted by Crippen LogP contribution is 2.27. The van der Waals surface area contributed by atoms with Crippen molar-refractivity contribution in [3.8, 4) is 5.75 Å². The van der Waals surface area contributed by atoms with Gasteiger partial charge in [-0.05, 0) is 49.9 Å². The lowest BCUT2D eigenvalue weighted by Crippen LogP contribution is -2.34. The third kappa shape index (κ3) is 6.20. The Morgan fingerprint density at radius 1 is 1.38 bits per heavy atom. The van der Waals surface area contributed by atoms with Crippen LogP contribution in [-0.4, -0.2) is 24.7 Å². The number of carbonyl (C=O) groups is 1. The lowest BCUT2D eigenvalue weighted by Gasteiger charge is -2.25. The normalized spacial score (nSPS) is 20.9. The van der Waals surface area contributed by atoms with Crippen LogP contribution in [0.3, 0.4) is 0 Å². The Labute approximate surface area is 145 Å². The van der Waals surface area contributed by atoms with Gasteiger partial charge in [0.25, 0.3) is 0 Å². The van der Waals surface area contributed by atoms with E-state index in [4.69, 9.17) is 10.5 Å². The number of hydrogen-bond acceptors (Lipinski definition) is 3. The first kappa shape index (κ1) is 20.6. The molecule has 1 aliphatic rings. The van der Waals surface area contributed by atoms with Crippen LogP contribution in [0, 0.1) is 12.8 Å². The zero-order valence-corrected chi connectivity index (χ0v) is 14.2. The summed E-state index contributed by atoms with van der Waals surface area (Å²) in [5.74, 6) is -0.0521. The van der Waals surface area contributed by atoms with Crippen LogP contribution in [-0.2, 0) is 4.79 Å². The number of aryl methyl sites for hydroxylation is 1. The Morgan fingerprint density at radius 3 is 2.67 bits per heavy atom. The molecular formula is C16H22ClF3N2O2. The molecule has 4 nitrogen and oxygen atoms in total. The standard InChI is InChI=1S/C16H21F3N2O2.ClH/c1-10-7-13(5-6-14(10)23-9-16(17,18)19)21-15(22)11-3-2-4-12(20)8-11;/h5-7,11-12H,2-4,8-9,20H2,1H3,(H,21,22);1H. The molecule has 0 saturated heterocycles. The predicted octanol–water partition coefficient (Wildman–Crippen LogP) is 3.81. The minimum absolute atomic E-state index is 0. The van der Waals surface area contributed by atoms with E-state index in [0.29, 0.717) is 17.7 Å². The first-order chi connectivity index (χ1) is 10.7. The maximum atomic E-state index is 12.2. The summed E-state index contributed by atoms with van der Waals surface area (Å²) in [6.07, 6.45) is -1.03. The summed E-state index contributed by atoms with van der Waals surface area (Å²) in [6.45, 7) is 0.303. The number of halogens is 4. The zero-order chi connectivity index (χ0) is 17.0. The number of alkyl halides is 3. The van der Waals surface area contributed by atoms with Crippen LogP contribution in [0.25, 0.3) is 0 Å². The number of ether oxygens (including phenoxy) is 1. The molecule has 1 amide bonds. The molecule has 1 aromatic carbocycles. The molecule has 3 N–H and O–H groups in total. The Morgan fingerprint density at radius 2 is 2.08 bits per heavy atom. The van der Waals surface area contributed by atoms with E-state index in [9.17, 15) is 18.0 Å². The Hall–Kier alpha value is -1.47. The van der Waals surface area contributed by atoms with E-state index in [1.807, 2.05) is 0 Å². The van der Waals surface area contributed by atoms with Crippen molar-refractivity contribution in [1.82, 2.24) is 0 Å². The smallest absolute Gasteiger partial charge is 0.422 e. The van der Waals surface area contributed by atoms with Gasteiger partial charge in [0, 0.05) is 17.6 Å². The summed E-state index contributed by atoms with van der Waals surface area (Å²) in [4.78, 5) is 12.2. The predicted molar refractivity (Wildman–Crippen MR) is 88.5 cm³/mol. The van der Waals surface area contributed by atoms with Crippen molar-refractivity contribution in [2.24, 2.45) is 11.7 Å². The summed E-state index contributed by atoms with van der Waals surface area (Å²) >= 11 is 0. The van der Waals surface area contributed by atoms with Gasteiger partial charge in [0.15, 0.2) is 6.61 Å². The van der Waals surface area contributed by atoms with E-state index >= 15 is 0 Å². The topological polar surface area (TPSA) is 64.4 Å². The van der Waals surface area contributed by atoms with Gasteiger partial charge in [-0.15, -0.1) is 12.4 Å². The molecule has 0 radical (unpaired) electrons. The highest BCUT2D eigenvalue weighted by molar-refractivity contribution is 5.92. The van der Waals surface area contributed by atoms with Crippen molar-refractivity contribution in [2.75, 3.05) is 11.9 Å². The number of rotatable bonds is 4.